The summed E-state index contributed by atoms with van der Waals surface area (Å²) in [5, 5.41) is 0. The number of carbonyl (C=O) groups is 2. The Kier molecular flexibility index (Phi) is 4.66. The van der Waals surface area contributed by atoms with Crippen LogP contribution in [0.4, 0.5) is 0 Å². The van der Waals surface area contributed by atoms with Gasteiger partial charge in [-0.15, -0.1) is 0 Å². The average Bonchev–Trinajstić information content (AvgIpc) is 3.33. The number of nitrogens with zero attached hydrogens (tertiary/aromatic N) is 2. The van der Waals surface area contributed by atoms with Gasteiger partial charge in [0, 0.05) is 56.8 Å². The van der Waals surface area contributed by atoms with E-state index < -0.39 is 0 Å². The average molecular weight is 393 g/mol. The summed E-state index contributed by atoms with van der Waals surface area (Å²) in [4.78, 5) is 32.9. The molecule has 6 heteroatoms. The molecule has 1 aromatic heterocycles. The number of piperazine rings is 1. The van der Waals surface area contributed by atoms with Gasteiger partial charge in [-0.1, -0.05) is 12.1 Å². The predicted molar refractivity (Wildman–Crippen MR) is 110 cm³/mol. The van der Waals surface area contributed by atoms with Crippen LogP contribution in [0.2, 0.25) is 0 Å². The Morgan fingerprint density at radius 2 is 1.97 bits per heavy atom. The number of aromatic nitrogens is 1. The number of hydrogen-bond acceptors (Lipinski definition) is 4. The summed E-state index contributed by atoms with van der Waals surface area (Å²) in [7, 11) is 0. The van der Waals surface area contributed by atoms with Gasteiger partial charge in [-0.2, -0.15) is 0 Å². The van der Waals surface area contributed by atoms with E-state index in [2.05, 4.69) is 28.1 Å². The van der Waals surface area contributed by atoms with E-state index in [0.717, 1.165) is 68.1 Å². The highest BCUT2D eigenvalue weighted by Crippen LogP contribution is 2.28. The molecule has 6 nitrogen and oxygen atoms in total. The first kappa shape index (κ1) is 18.4. The first-order chi connectivity index (χ1) is 14.1. The van der Waals surface area contributed by atoms with Crippen LogP contribution in [0.5, 0.6) is 5.75 Å². The highest BCUT2D eigenvalue weighted by Gasteiger charge is 2.30. The Hall–Kier alpha value is -2.60. The standard InChI is InChI=1S/C23H27N3O3/c1-15-21-18(3-2-4-19(21)27)24-22(15)23(28)26-10-8-25(9-11-26)14-16-5-6-20-17(13-16)7-12-29-20/h5-6,13,24H,2-4,7-12,14H2,1H3. The third-order valence-corrected chi connectivity index (χ3v) is 6.47. The summed E-state index contributed by atoms with van der Waals surface area (Å²) >= 11 is 0. The van der Waals surface area contributed by atoms with Gasteiger partial charge in [-0.25, -0.2) is 0 Å². The van der Waals surface area contributed by atoms with Gasteiger partial charge in [0.25, 0.3) is 5.91 Å². The zero-order chi connectivity index (χ0) is 20.0. The van der Waals surface area contributed by atoms with Gasteiger partial charge in [0.1, 0.15) is 11.4 Å². The van der Waals surface area contributed by atoms with Crippen molar-refractivity contribution < 1.29 is 14.3 Å². The number of ketones is 1. The van der Waals surface area contributed by atoms with Crippen LogP contribution in [0.15, 0.2) is 18.2 Å². The molecule has 1 aliphatic carbocycles. The smallest absolute Gasteiger partial charge is 0.270 e. The lowest BCUT2D eigenvalue weighted by Crippen LogP contribution is -2.48. The van der Waals surface area contributed by atoms with Crippen LogP contribution >= 0.6 is 0 Å². The highest BCUT2D eigenvalue weighted by atomic mass is 16.5. The Bertz CT molecular complexity index is 970. The number of fused-ring (bicyclic) bond motifs is 2. The molecule has 2 aromatic rings. The van der Waals surface area contributed by atoms with E-state index in [9.17, 15) is 9.59 Å². The largest absolute Gasteiger partial charge is 0.493 e. The summed E-state index contributed by atoms with van der Waals surface area (Å²) in [6, 6.07) is 6.48. The molecule has 3 heterocycles. The number of nitrogens with one attached hydrogen (secondary N) is 1. The fourth-order valence-corrected chi connectivity index (χ4v) is 4.85. The third-order valence-electron chi connectivity index (χ3n) is 6.47. The summed E-state index contributed by atoms with van der Waals surface area (Å²) < 4.78 is 5.59. The molecule has 0 spiro atoms. The van der Waals surface area contributed by atoms with Crippen molar-refractivity contribution in [3.8, 4) is 5.75 Å². The Balaban J connectivity index is 1.23. The molecule has 2 aliphatic heterocycles. The molecule has 1 fully saturated rings. The normalized spacial score (nSPS) is 19.1. The number of hydrogen-bond donors (Lipinski definition) is 1. The molecular formula is C23H27N3O3. The van der Waals surface area contributed by atoms with Crippen molar-refractivity contribution in [3.05, 3.63) is 51.8 Å². The minimum Gasteiger partial charge on any atom is -0.493 e. The van der Waals surface area contributed by atoms with E-state index >= 15 is 0 Å². The number of ether oxygens (including phenoxy) is 1. The van der Waals surface area contributed by atoms with Crippen molar-refractivity contribution in [1.29, 1.82) is 0 Å². The van der Waals surface area contributed by atoms with Crippen LogP contribution in [-0.2, 0) is 19.4 Å². The molecule has 0 saturated carbocycles. The van der Waals surface area contributed by atoms with Gasteiger partial charge in [0.05, 0.1) is 6.61 Å². The summed E-state index contributed by atoms with van der Waals surface area (Å²) in [6.45, 7) is 6.73. The van der Waals surface area contributed by atoms with Crippen molar-refractivity contribution in [3.63, 3.8) is 0 Å². The fraction of sp³-hybridized carbons (Fsp3) is 0.478. The molecule has 152 valence electrons. The van der Waals surface area contributed by atoms with E-state index in [4.69, 9.17) is 4.74 Å². The third kappa shape index (κ3) is 3.35. The van der Waals surface area contributed by atoms with Crippen molar-refractivity contribution >= 4 is 11.7 Å². The number of amides is 1. The molecule has 0 unspecified atom stereocenters. The zero-order valence-electron chi connectivity index (χ0n) is 16.9. The second-order valence-corrected chi connectivity index (χ2v) is 8.36. The first-order valence-electron chi connectivity index (χ1n) is 10.6. The van der Waals surface area contributed by atoms with Crippen LogP contribution < -0.4 is 4.74 Å². The van der Waals surface area contributed by atoms with Crippen LogP contribution in [0, 0.1) is 6.92 Å². The summed E-state index contributed by atoms with van der Waals surface area (Å²) in [6.07, 6.45) is 3.31. The lowest BCUT2D eigenvalue weighted by atomic mass is 9.93. The van der Waals surface area contributed by atoms with Gasteiger partial charge in [0.15, 0.2) is 5.78 Å². The van der Waals surface area contributed by atoms with Gasteiger partial charge in [0.2, 0.25) is 0 Å². The molecule has 0 radical (unpaired) electrons. The number of benzene rings is 1. The minimum atomic E-state index is 0.0269. The molecule has 29 heavy (non-hydrogen) atoms. The Morgan fingerprint density at radius 3 is 2.76 bits per heavy atom. The van der Waals surface area contributed by atoms with E-state index in [1.54, 1.807) is 0 Å². The molecule has 1 amide bonds. The monoisotopic (exact) mass is 393 g/mol. The van der Waals surface area contributed by atoms with Crippen molar-refractivity contribution in [2.24, 2.45) is 0 Å². The van der Waals surface area contributed by atoms with Crippen molar-refractivity contribution in [2.45, 2.75) is 39.2 Å². The SMILES string of the molecule is Cc1c(C(=O)N2CCN(Cc3ccc4c(c3)CCO4)CC2)[nH]c2c1C(=O)CCC2. The maximum absolute atomic E-state index is 13.1. The lowest BCUT2D eigenvalue weighted by molar-refractivity contribution is 0.0622. The molecule has 0 atom stereocenters. The molecule has 3 aliphatic rings. The van der Waals surface area contributed by atoms with Gasteiger partial charge < -0.3 is 14.6 Å². The van der Waals surface area contributed by atoms with E-state index in [1.165, 1.54) is 11.1 Å². The maximum Gasteiger partial charge on any atom is 0.270 e. The zero-order valence-corrected chi connectivity index (χ0v) is 16.9. The molecule has 1 saturated heterocycles. The highest BCUT2D eigenvalue weighted by molar-refractivity contribution is 6.04. The van der Waals surface area contributed by atoms with Crippen LogP contribution in [0.25, 0.3) is 0 Å². The van der Waals surface area contributed by atoms with Crippen molar-refractivity contribution in [2.75, 3.05) is 32.8 Å². The van der Waals surface area contributed by atoms with Gasteiger partial charge in [-0.05, 0) is 42.5 Å². The van der Waals surface area contributed by atoms with Gasteiger partial charge >= 0.3 is 0 Å². The molecule has 5 rings (SSSR count). The first-order valence-corrected chi connectivity index (χ1v) is 10.6. The quantitative estimate of drug-likeness (QED) is 0.871. The lowest BCUT2D eigenvalue weighted by Gasteiger charge is -2.34. The van der Waals surface area contributed by atoms with Crippen LogP contribution in [0.1, 0.15) is 56.1 Å². The topological polar surface area (TPSA) is 65.6 Å². The molecule has 1 aromatic carbocycles. The number of Topliss-reactive ketones (excluding diaryl/α,β-unsaturated/α-hetero) is 1. The summed E-state index contributed by atoms with van der Waals surface area (Å²) in [5.74, 6) is 1.22. The fourth-order valence-electron chi connectivity index (χ4n) is 4.85. The maximum atomic E-state index is 13.1. The van der Waals surface area contributed by atoms with E-state index in [0.29, 0.717) is 25.2 Å². The number of rotatable bonds is 3. The number of aryl methyl sites for hydroxylation is 1. The summed E-state index contributed by atoms with van der Waals surface area (Å²) in [5.41, 5.74) is 5.76. The van der Waals surface area contributed by atoms with Crippen LogP contribution in [-0.4, -0.2) is 59.3 Å². The second kappa shape index (κ2) is 7.34. The number of aromatic amines is 1. The Labute approximate surface area is 170 Å². The van der Waals surface area contributed by atoms with Crippen LogP contribution in [0.3, 0.4) is 0 Å². The van der Waals surface area contributed by atoms with Gasteiger partial charge in [-0.3, -0.25) is 14.5 Å². The molecular weight excluding hydrogens is 366 g/mol. The molecule has 0 bridgehead atoms. The van der Waals surface area contributed by atoms with Crippen molar-refractivity contribution in [1.82, 2.24) is 14.8 Å². The van der Waals surface area contributed by atoms with E-state index in [1.807, 2.05) is 11.8 Å². The second-order valence-electron chi connectivity index (χ2n) is 8.36. The number of H-pyrrole nitrogens is 1. The van der Waals surface area contributed by atoms with E-state index in [-0.39, 0.29) is 11.7 Å². The molecule has 1 N–H and O–H groups in total. The number of carbonyl (C=O) groups excluding carboxylic acids is 2. The Morgan fingerprint density at radius 1 is 1.14 bits per heavy atom. The minimum absolute atomic E-state index is 0.0269. The predicted octanol–water partition coefficient (Wildman–Crippen LogP) is 2.74.